The molecule has 4 rings (SSSR count). The van der Waals surface area contributed by atoms with Crippen molar-refractivity contribution < 1.29 is 4.74 Å². The maximum atomic E-state index is 5.37. The number of morpholine rings is 1. The van der Waals surface area contributed by atoms with Crippen molar-refractivity contribution >= 4 is 6.21 Å². The van der Waals surface area contributed by atoms with Gasteiger partial charge >= 0.3 is 0 Å². The summed E-state index contributed by atoms with van der Waals surface area (Å²) in [5.41, 5.74) is 3.82. The zero-order chi connectivity index (χ0) is 16.9. The number of ether oxygens (including phenoxy) is 1. The summed E-state index contributed by atoms with van der Waals surface area (Å²) in [5.74, 6) is 0. The highest BCUT2D eigenvalue weighted by molar-refractivity contribution is 5.88. The maximum Gasteiger partial charge on any atom is 0.103 e. The van der Waals surface area contributed by atoms with Gasteiger partial charge in [0.1, 0.15) is 5.69 Å². The van der Waals surface area contributed by atoms with E-state index in [1.54, 1.807) is 6.20 Å². The molecule has 6 heteroatoms. The lowest BCUT2D eigenvalue weighted by atomic mass is 10.1. The predicted molar refractivity (Wildman–Crippen MR) is 96.8 cm³/mol. The van der Waals surface area contributed by atoms with E-state index in [1.165, 1.54) is 0 Å². The molecule has 3 aromatic rings. The number of nitrogens with zero attached hydrogens (tertiary/aromatic N) is 5. The maximum absolute atomic E-state index is 5.37. The Morgan fingerprint density at radius 3 is 2.64 bits per heavy atom. The molecular weight excluding hydrogens is 314 g/mol. The first-order valence-corrected chi connectivity index (χ1v) is 8.32. The number of para-hydroxylation sites is 1. The summed E-state index contributed by atoms with van der Waals surface area (Å²) in [5, 5.41) is 11.4. The molecule has 0 amide bonds. The van der Waals surface area contributed by atoms with Crippen molar-refractivity contribution in [2.75, 3.05) is 26.3 Å². The van der Waals surface area contributed by atoms with E-state index in [0.717, 1.165) is 48.8 Å². The molecule has 0 radical (unpaired) electrons. The average Bonchev–Trinajstić information content (AvgIpc) is 3.13. The van der Waals surface area contributed by atoms with E-state index in [0.29, 0.717) is 0 Å². The van der Waals surface area contributed by atoms with Crippen molar-refractivity contribution in [3.8, 4) is 16.9 Å². The van der Waals surface area contributed by atoms with Crippen LogP contribution in [0.5, 0.6) is 0 Å². The fourth-order valence-corrected chi connectivity index (χ4v) is 2.73. The third-order valence-corrected chi connectivity index (χ3v) is 4.05. The van der Waals surface area contributed by atoms with Gasteiger partial charge in [-0.2, -0.15) is 10.2 Å². The summed E-state index contributed by atoms with van der Waals surface area (Å²) in [7, 11) is 0. The Labute approximate surface area is 146 Å². The van der Waals surface area contributed by atoms with Crippen LogP contribution in [0.15, 0.2) is 66.2 Å². The molecule has 1 aromatic carbocycles. The molecule has 1 aliphatic rings. The lowest BCUT2D eigenvalue weighted by Crippen LogP contribution is -2.32. The van der Waals surface area contributed by atoms with Gasteiger partial charge < -0.3 is 4.74 Å². The summed E-state index contributed by atoms with van der Waals surface area (Å²) < 4.78 is 7.24. The first-order valence-electron chi connectivity index (χ1n) is 8.32. The van der Waals surface area contributed by atoms with Crippen molar-refractivity contribution in [1.29, 1.82) is 0 Å². The molecule has 1 aliphatic heterocycles. The smallest absolute Gasteiger partial charge is 0.103 e. The molecule has 0 unspecified atom stereocenters. The second kappa shape index (κ2) is 7.27. The first-order chi connectivity index (χ1) is 12.4. The molecule has 0 bridgehead atoms. The Kier molecular flexibility index (Phi) is 4.52. The SMILES string of the molecule is C(=N\N1CCOCC1)/c1cn(-c2ccccc2)nc1-c1cccnc1. The van der Waals surface area contributed by atoms with Crippen LogP contribution in [0.1, 0.15) is 5.56 Å². The van der Waals surface area contributed by atoms with Crippen LogP contribution in [0, 0.1) is 0 Å². The first kappa shape index (κ1) is 15.5. The van der Waals surface area contributed by atoms with Crippen molar-refractivity contribution in [1.82, 2.24) is 19.8 Å². The van der Waals surface area contributed by atoms with Gasteiger partial charge in [0.05, 0.1) is 38.2 Å². The van der Waals surface area contributed by atoms with Gasteiger partial charge in [0.2, 0.25) is 0 Å². The topological polar surface area (TPSA) is 55.5 Å². The summed E-state index contributed by atoms with van der Waals surface area (Å²) in [6.45, 7) is 3.06. The number of aromatic nitrogens is 3. The summed E-state index contributed by atoms with van der Waals surface area (Å²) in [6.07, 6.45) is 7.46. The van der Waals surface area contributed by atoms with Crippen molar-refractivity contribution in [2.24, 2.45) is 5.10 Å². The van der Waals surface area contributed by atoms with E-state index in [2.05, 4.69) is 10.1 Å². The van der Waals surface area contributed by atoms with Gasteiger partial charge in [-0.15, -0.1) is 0 Å². The Hall–Kier alpha value is -2.99. The number of pyridine rings is 1. The molecule has 0 aliphatic carbocycles. The molecule has 126 valence electrons. The predicted octanol–water partition coefficient (Wildman–Crippen LogP) is 2.60. The minimum Gasteiger partial charge on any atom is -0.378 e. The zero-order valence-electron chi connectivity index (χ0n) is 13.8. The molecule has 2 aromatic heterocycles. The number of rotatable bonds is 4. The molecule has 0 atom stereocenters. The lowest BCUT2D eigenvalue weighted by molar-refractivity contribution is 0.0397. The van der Waals surface area contributed by atoms with E-state index >= 15 is 0 Å². The van der Waals surface area contributed by atoms with Gasteiger partial charge in [-0.3, -0.25) is 9.99 Å². The minimum atomic E-state index is 0.718. The van der Waals surface area contributed by atoms with E-state index in [1.807, 2.05) is 70.8 Å². The molecule has 1 saturated heterocycles. The average molecular weight is 333 g/mol. The summed E-state index contributed by atoms with van der Waals surface area (Å²) in [6, 6.07) is 14.0. The molecule has 6 nitrogen and oxygen atoms in total. The van der Waals surface area contributed by atoms with Gasteiger partial charge in [-0.1, -0.05) is 18.2 Å². The van der Waals surface area contributed by atoms with E-state index < -0.39 is 0 Å². The number of hydrazone groups is 1. The molecular formula is C19H19N5O. The number of hydrogen-bond donors (Lipinski definition) is 0. The Morgan fingerprint density at radius 1 is 1.04 bits per heavy atom. The van der Waals surface area contributed by atoms with Crippen LogP contribution in [0.4, 0.5) is 0 Å². The standard InChI is InChI=1S/C19H19N5O/c1-2-6-18(7-3-1)24-15-17(14-21-23-9-11-25-12-10-23)19(22-24)16-5-4-8-20-13-16/h1-8,13-15H,9-12H2/b21-14+. The second-order valence-electron chi connectivity index (χ2n) is 5.77. The van der Waals surface area contributed by atoms with Crippen LogP contribution >= 0.6 is 0 Å². The van der Waals surface area contributed by atoms with Crippen molar-refractivity contribution in [3.63, 3.8) is 0 Å². The van der Waals surface area contributed by atoms with E-state index in [4.69, 9.17) is 9.84 Å². The molecule has 0 saturated carbocycles. The van der Waals surface area contributed by atoms with Crippen molar-refractivity contribution in [3.05, 3.63) is 66.6 Å². The molecule has 1 fully saturated rings. The molecule has 0 N–H and O–H groups in total. The summed E-state index contributed by atoms with van der Waals surface area (Å²) >= 11 is 0. The third kappa shape index (κ3) is 3.59. The quantitative estimate of drug-likeness (QED) is 0.689. The van der Waals surface area contributed by atoms with E-state index in [9.17, 15) is 0 Å². The van der Waals surface area contributed by atoms with E-state index in [-0.39, 0.29) is 0 Å². The molecule has 0 spiro atoms. The van der Waals surface area contributed by atoms with Gasteiger partial charge in [0, 0.05) is 29.7 Å². The third-order valence-electron chi connectivity index (χ3n) is 4.05. The Balaban J connectivity index is 1.70. The van der Waals surface area contributed by atoms with Gasteiger partial charge in [0.25, 0.3) is 0 Å². The normalized spacial score (nSPS) is 15.0. The Bertz CT molecular complexity index is 839. The summed E-state index contributed by atoms with van der Waals surface area (Å²) in [4.78, 5) is 4.21. The van der Waals surface area contributed by atoms with Crippen LogP contribution in [0.2, 0.25) is 0 Å². The van der Waals surface area contributed by atoms with Gasteiger partial charge in [-0.05, 0) is 24.3 Å². The van der Waals surface area contributed by atoms with Crippen molar-refractivity contribution in [2.45, 2.75) is 0 Å². The highest BCUT2D eigenvalue weighted by Gasteiger charge is 2.12. The highest BCUT2D eigenvalue weighted by Crippen LogP contribution is 2.22. The fraction of sp³-hybridized carbons (Fsp3) is 0.211. The monoisotopic (exact) mass is 333 g/mol. The fourth-order valence-electron chi connectivity index (χ4n) is 2.73. The molecule has 3 heterocycles. The highest BCUT2D eigenvalue weighted by atomic mass is 16.5. The molecule has 25 heavy (non-hydrogen) atoms. The zero-order valence-corrected chi connectivity index (χ0v) is 13.8. The van der Waals surface area contributed by atoms with Gasteiger partial charge in [-0.25, -0.2) is 4.68 Å². The minimum absolute atomic E-state index is 0.718. The largest absolute Gasteiger partial charge is 0.378 e. The van der Waals surface area contributed by atoms with Crippen LogP contribution < -0.4 is 0 Å². The number of hydrogen-bond acceptors (Lipinski definition) is 5. The van der Waals surface area contributed by atoms with Crippen LogP contribution in [-0.2, 0) is 4.74 Å². The second-order valence-corrected chi connectivity index (χ2v) is 5.77. The van der Waals surface area contributed by atoms with Crippen LogP contribution in [0.3, 0.4) is 0 Å². The lowest BCUT2D eigenvalue weighted by Gasteiger charge is -2.23. The van der Waals surface area contributed by atoms with Gasteiger partial charge in [0.15, 0.2) is 0 Å². The van der Waals surface area contributed by atoms with Crippen LogP contribution in [0.25, 0.3) is 16.9 Å². The van der Waals surface area contributed by atoms with Crippen LogP contribution in [-0.4, -0.2) is 52.3 Å². The Morgan fingerprint density at radius 2 is 1.88 bits per heavy atom. The number of benzene rings is 1.